The summed E-state index contributed by atoms with van der Waals surface area (Å²) in [5.74, 6) is 1.46. The van der Waals surface area contributed by atoms with Crippen molar-refractivity contribution in [2.24, 2.45) is 0 Å². The van der Waals surface area contributed by atoms with E-state index >= 15 is 0 Å². The standard InChI is InChI=1S/C29H38N2O4/c32-29-25-11-9-24(34-20-8-18-31-15-5-2-6-16-31)22-28(25)35-27-12-10-23(21-26(27)29)33-19-7-17-30-13-3-1-4-14-30/h9-12,21-22H,1-8,13-20H2. The van der Waals surface area contributed by atoms with E-state index in [0.29, 0.717) is 35.2 Å². The van der Waals surface area contributed by atoms with Crippen LogP contribution < -0.4 is 14.9 Å². The summed E-state index contributed by atoms with van der Waals surface area (Å²) in [5, 5.41) is 1.13. The third-order valence-corrected chi connectivity index (χ3v) is 7.29. The summed E-state index contributed by atoms with van der Waals surface area (Å²) in [4.78, 5) is 18.2. The summed E-state index contributed by atoms with van der Waals surface area (Å²) in [6.07, 6.45) is 9.94. The molecule has 188 valence electrons. The van der Waals surface area contributed by atoms with Crippen LogP contribution >= 0.6 is 0 Å². The number of hydrogen-bond acceptors (Lipinski definition) is 6. The van der Waals surface area contributed by atoms with Gasteiger partial charge >= 0.3 is 0 Å². The molecule has 0 aliphatic carbocycles. The van der Waals surface area contributed by atoms with Crippen molar-refractivity contribution < 1.29 is 13.9 Å². The van der Waals surface area contributed by atoms with Crippen molar-refractivity contribution in [3.63, 3.8) is 0 Å². The fourth-order valence-corrected chi connectivity index (χ4v) is 5.32. The first kappa shape index (κ1) is 24.1. The number of ether oxygens (including phenoxy) is 2. The molecule has 2 fully saturated rings. The van der Waals surface area contributed by atoms with E-state index < -0.39 is 0 Å². The van der Waals surface area contributed by atoms with Crippen LogP contribution in [0.15, 0.2) is 45.6 Å². The first-order chi connectivity index (χ1) is 17.3. The molecule has 0 spiro atoms. The van der Waals surface area contributed by atoms with E-state index in [1.165, 1.54) is 64.7 Å². The number of fused-ring (bicyclic) bond motifs is 2. The minimum Gasteiger partial charge on any atom is -0.494 e. The zero-order valence-electron chi connectivity index (χ0n) is 20.8. The fourth-order valence-electron chi connectivity index (χ4n) is 5.32. The molecule has 0 N–H and O–H groups in total. The van der Waals surface area contributed by atoms with Crippen LogP contribution in [0, 0.1) is 0 Å². The summed E-state index contributed by atoms with van der Waals surface area (Å²) in [5.41, 5.74) is 1.10. The van der Waals surface area contributed by atoms with Crippen LogP contribution in [-0.4, -0.2) is 62.3 Å². The van der Waals surface area contributed by atoms with Gasteiger partial charge in [0.15, 0.2) is 0 Å². The lowest BCUT2D eigenvalue weighted by molar-refractivity contribution is 0.205. The number of rotatable bonds is 10. The molecule has 6 heteroatoms. The summed E-state index contributed by atoms with van der Waals surface area (Å²) in [7, 11) is 0. The van der Waals surface area contributed by atoms with Crippen molar-refractivity contribution in [3.05, 3.63) is 46.6 Å². The lowest BCUT2D eigenvalue weighted by atomic mass is 10.1. The van der Waals surface area contributed by atoms with E-state index in [1.54, 1.807) is 0 Å². The van der Waals surface area contributed by atoms with Gasteiger partial charge in [-0.25, -0.2) is 0 Å². The maximum Gasteiger partial charge on any atom is 0.200 e. The van der Waals surface area contributed by atoms with E-state index in [-0.39, 0.29) is 5.43 Å². The van der Waals surface area contributed by atoms with E-state index in [1.807, 2.05) is 36.4 Å². The third kappa shape index (κ3) is 6.36. The Labute approximate surface area is 207 Å². The molecule has 0 atom stereocenters. The molecule has 0 amide bonds. The molecule has 5 rings (SSSR count). The van der Waals surface area contributed by atoms with Gasteiger partial charge in [-0.05, 0) is 95.0 Å². The van der Waals surface area contributed by atoms with E-state index in [2.05, 4.69) is 9.80 Å². The van der Waals surface area contributed by atoms with E-state index in [0.717, 1.165) is 37.4 Å². The second kappa shape index (κ2) is 11.9. The normalized spacial score (nSPS) is 17.7. The highest BCUT2D eigenvalue weighted by Gasteiger charge is 2.12. The zero-order valence-corrected chi connectivity index (χ0v) is 20.8. The Bertz CT molecular complexity index is 1160. The zero-order chi connectivity index (χ0) is 23.9. The molecular formula is C29H38N2O4. The molecule has 2 aliphatic heterocycles. The Morgan fingerprint density at radius 1 is 0.657 bits per heavy atom. The van der Waals surface area contributed by atoms with Crippen LogP contribution in [-0.2, 0) is 0 Å². The minimum atomic E-state index is -0.0309. The van der Waals surface area contributed by atoms with Gasteiger partial charge in [-0.1, -0.05) is 12.8 Å². The first-order valence-electron chi connectivity index (χ1n) is 13.5. The minimum absolute atomic E-state index is 0.0309. The van der Waals surface area contributed by atoms with Crippen LogP contribution in [0.5, 0.6) is 11.5 Å². The highest BCUT2D eigenvalue weighted by atomic mass is 16.5. The van der Waals surface area contributed by atoms with Crippen LogP contribution in [0.4, 0.5) is 0 Å². The summed E-state index contributed by atoms with van der Waals surface area (Å²) in [6.45, 7) is 8.29. The van der Waals surface area contributed by atoms with Crippen LogP contribution in [0.25, 0.3) is 21.9 Å². The quantitative estimate of drug-likeness (QED) is 0.285. The second-order valence-electron chi connectivity index (χ2n) is 9.96. The lowest BCUT2D eigenvalue weighted by Gasteiger charge is -2.26. The van der Waals surface area contributed by atoms with Crippen LogP contribution in [0.1, 0.15) is 51.4 Å². The molecule has 3 aromatic rings. The van der Waals surface area contributed by atoms with Gasteiger partial charge in [0, 0.05) is 19.2 Å². The first-order valence-corrected chi connectivity index (χ1v) is 13.5. The van der Waals surface area contributed by atoms with Crippen molar-refractivity contribution in [3.8, 4) is 11.5 Å². The van der Waals surface area contributed by atoms with Gasteiger partial charge in [-0.15, -0.1) is 0 Å². The molecule has 0 radical (unpaired) electrons. The van der Waals surface area contributed by atoms with Gasteiger partial charge in [0.2, 0.25) is 5.43 Å². The molecule has 0 saturated carbocycles. The fraction of sp³-hybridized carbons (Fsp3) is 0.552. The van der Waals surface area contributed by atoms with Crippen LogP contribution in [0.3, 0.4) is 0 Å². The Balaban J connectivity index is 1.18. The summed E-state index contributed by atoms with van der Waals surface area (Å²) < 4.78 is 18.0. The maximum atomic E-state index is 13.2. The third-order valence-electron chi connectivity index (χ3n) is 7.29. The summed E-state index contributed by atoms with van der Waals surface area (Å²) in [6, 6.07) is 11.1. The Morgan fingerprint density at radius 3 is 1.86 bits per heavy atom. The van der Waals surface area contributed by atoms with Gasteiger partial charge in [-0.2, -0.15) is 0 Å². The van der Waals surface area contributed by atoms with Crippen molar-refractivity contribution in [2.45, 2.75) is 51.4 Å². The molecule has 3 heterocycles. The Kier molecular flexibility index (Phi) is 8.22. The Hall–Kier alpha value is -2.57. The Morgan fingerprint density at radius 2 is 1.23 bits per heavy atom. The lowest BCUT2D eigenvalue weighted by Crippen LogP contribution is -2.31. The number of piperidine rings is 2. The second-order valence-corrected chi connectivity index (χ2v) is 9.96. The van der Waals surface area contributed by atoms with Crippen LogP contribution in [0.2, 0.25) is 0 Å². The molecule has 0 bridgehead atoms. The largest absolute Gasteiger partial charge is 0.494 e. The average molecular weight is 479 g/mol. The number of benzene rings is 2. The van der Waals surface area contributed by atoms with Gasteiger partial charge in [0.05, 0.1) is 24.0 Å². The molecule has 35 heavy (non-hydrogen) atoms. The number of hydrogen-bond donors (Lipinski definition) is 0. The van der Waals surface area contributed by atoms with Crippen molar-refractivity contribution >= 4 is 21.9 Å². The number of nitrogens with zero attached hydrogens (tertiary/aromatic N) is 2. The topological polar surface area (TPSA) is 55.1 Å². The molecule has 2 saturated heterocycles. The van der Waals surface area contributed by atoms with Gasteiger partial charge < -0.3 is 23.7 Å². The molecular weight excluding hydrogens is 440 g/mol. The van der Waals surface area contributed by atoms with Gasteiger partial charge in [-0.3, -0.25) is 4.79 Å². The smallest absolute Gasteiger partial charge is 0.200 e. The van der Waals surface area contributed by atoms with Crippen molar-refractivity contribution in [1.82, 2.24) is 9.80 Å². The van der Waals surface area contributed by atoms with Gasteiger partial charge in [0.25, 0.3) is 0 Å². The summed E-state index contributed by atoms with van der Waals surface area (Å²) >= 11 is 0. The molecule has 6 nitrogen and oxygen atoms in total. The highest BCUT2D eigenvalue weighted by molar-refractivity contribution is 5.90. The molecule has 0 unspecified atom stereocenters. The van der Waals surface area contributed by atoms with E-state index in [4.69, 9.17) is 13.9 Å². The molecule has 1 aromatic heterocycles. The predicted molar refractivity (Wildman–Crippen MR) is 141 cm³/mol. The van der Waals surface area contributed by atoms with E-state index in [9.17, 15) is 4.79 Å². The SMILES string of the molecule is O=c1c2ccc(OCCCN3CCCCC3)cc2oc2ccc(OCCCN3CCCCC3)cc12. The van der Waals surface area contributed by atoms with Crippen molar-refractivity contribution in [1.29, 1.82) is 0 Å². The maximum absolute atomic E-state index is 13.2. The van der Waals surface area contributed by atoms with Crippen molar-refractivity contribution in [2.75, 3.05) is 52.5 Å². The highest BCUT2D eigenvalue weighted by Crippen LogP contribution is 2.25. The number of likely N-dealkylation sites (tertiary alicyclic amines) is 2. The molecule has 2 aliphatic rings. The van der Waals surface area contributed by atoms with Gasteiger partial charge in [0.1, 0.15) is 22.7 Å². The average Bonchev–Trinajstić information content (AvgIpc) is 2.90. The monoisotopic (exact) mass is 478 g/mol. The molecule has 2 aromatic carbocycles. The predicted octanol–water partition coefficient (Wildman–Crippen LogP) is 5.46.